The number of H-pyrrole nitrogens is 1. The van der Waals surface area contributed by atoms with Crippen LogP contribution in [-0.4, -0.2) is 61.7 Å². The van der Waals surface area contributed by atoms with Crippen molar-refractivity contribution in [2.45, 2.75) is 18.9 Å². The SMILES string of the molecule is Cn1c(Br)nc2c(Cl)ncnc21.Cn1c(Br)nc2c(N3CCC(n4c(=O)[nH]c5ccccc54)CC3)ncnc21. The van der Waals surface area contributed by atoms with Gasteiger partial charge in [-0.1, -0.05) is 23.7 Å². The fourth-order valence-electron chi connectivity index (χ4n) is 4.91. The number of piperidine rings is 1. The second-order valence-corrected chi connectivity index (χ2v) is 10.9. The van der Waals surface area contributed by atoms with Crippen LogP contribution in [0.4, 0.5) is 5.82 Å². The molecule has 7 rings (SSSR count). The van der Waals surface area contributed by atoms with Gasteiger partial charge < -0.3 is 19.0 Å². The molecule has 1 N–H and O–H groups in total. The lowest BCUT2D eigenvalue weighted by atomic mass is 10.0. The van der Waals surface area contributed by atoms with Gasteiger partial charge in [0.25, 0.3) is 0 Å². The highest BCUT2D eigenvalue weighted by Gasteiger charge is 2.26. The summed E-state index contributed by atoms with van der Waals surface area (Å²) in [5.41, 5.74) is 4.78. The molecule has 12 nitrogen and oxygen atoms in total. The van der Waals surface area contributed by atoms with Crippen LogP contribution in [0.5, 0.6) is 0 Å². The van der Waals surface area contributed by atoms with E-state index in [0.717, 1.165) is 64.3 Å². The van der Waals surface area contributed by atoms with Crippen LogP contribution in [0.3, 0.4) is 0 Å². The summed E-state index contributed by atoms with van der Waals surface area (Å²) in [6.45, 7) is 1.63. The summed E-state index contributed by atoms with van der Waals surface area (Å²) in [6, 6.07) is 8.03. The van der Waals surface area contributed by atoms with Crippen LogP contribution < -0.4 is 10.6 Å². The molecule has 1 fully saturated rings. The average Bonchev–Trinajstić information content (AvgIpc) is 3.55. The van der Waals surface area contributed by atoms with Gasteiger partial charge in [0.05, 0.1) is 11.0 Å². The molecule has 0 bridgehead atoms. The first kappa shape index (κ1) is 25.9. The van der Waals surface area contributed by atoms with Crippen molar-refractivity contribution >= 4 is 82.6 Å². The van der Waals surface area contributed by atoms with Crippen molar-refractivity contribution in [3.8, 4) is 0 Å². The number of aromatic nitrogens is 10. The molecule has 1 aliphatic rings. The third-order valence-electron chi connectivity index (χ3n) is 6.89. The van der Waals surface area contributed by atoms with Crippen molar-refractivity contribution in [3.63, 3.8) is 0 Å². The molecule has 0 atom stereocenters. The van der Waals surface area contributed by atoms with Crippen molar-refractivity contribution in [2.24, 2.45) is 14.1 Å². The molecule has 0 spiro atoms. The second-order valence-electron chi connectivity index (χ2n) is 9.12. The number of anilines is 1. The van der Waals surface area contributed by atoms with Crippen LogP contribution in [0.1, 0.15) is 18.9 Å². The third-order valence-corrected chi connectivity index (χ3v) is 8.59. The van der Waals surface area contributed by atoms with Crippen molar-refractivity contribution in [3.05, 3.63) is 62.0 Å². The molecule has 0 radical (unpaired) electrons. The Morgan fingerprint density at radius 2 is 1.51 bits per heavy atom. The lowest BCUT2D eigenvalue weighted by molar-refractivity contribution is 0.395. The number of nitrogens with one attached hydrogen (secondary N) is 1. The number of fused-ring (bicyclic) bond motifs is 3. The number of para-hydroxylation sites is 2. The maximum atomic E-state index is 12.5. The highest BCUT2D eigenvalue weighted by molar-refractivity contribution is 9.10. The van der Waals surface area contributed by atoms with E-state index in [1.54, 1.807) is 10.9 Å². The lowest BCUT2D eigenvalue weighted by Gasteiger charge is -2.33. The molecule has 0 amide bonds. The Morgan fingerprint density at radius 1 is 0.897 bits per heavy atom. The van der Waals surface area contributed by atoms with E-state index in [0.29, 0.717) is 15.4 Å². The molecule has 1 aromatic carbocycles. The Bertz CT molecular complexity index is 1880. The van der Waals surface area contributed by atoms with Crippen LogP contribution in [0.2, 0.25) is 5.15 Å². The van der Waals surface area contributed by atoms with Crippen molar-refractivity contribution in [1.82, 2.24) is 48.6 Å². The zero-order valence-corrected chi connectivity index (χ0v) is 24.8. The predicted molar refractivity (Wildman–Crippen MR) is 156 cm³/mol. The van der Waals surface area contributed by atoms with Crippen LogP contribution >= 0.6 is 43.5 Å². The minimum atomic E-state index is -0.0345. The number of aryl methyl sites for hydroxylation is 2. The van der Waals surface area contributed by atoms with Gasteiger partial charge in [-0.25, -0.2) is 34.7 Å². The molecule has 5 aromatic heterocycles. The Labute approximate surface area is 243 Å². The van der Waals surface area contributed by atoms with Gasteiger partial charge in [-0.15, -0.1) is 0 Å². The monoisotopic (exact) mass is 673 g/mol. The fourth-order valence-corrected chi connectivity index (χ4v) is 5.77. The molecule has 39 heavy (non-hydrogen) atoms. The normalized spacial score (nSPS) is 14.3. The van der Waals surface area contributed by atoms with Gasteiger partial charge in [-0.05, 0) is 56.8 Å². The van der Waals surface area contributed by atoms with E-state index in [4.69, 9.17) is 11.6 Å². The summed E-state index contributed by atoms with van der Waals surface area (Å²) >= 11 is 12.5. The number of benzene rings is 1. The van der Waals surface area contributed by atoms with Gasteiger partial charge in [0.15, 0.2) is 37.2 Å². The van der Waals surface area contributed by atoms with Gasteiger partial charge in [-0.2, -0.15) is 0 Å². The quantitative estimate of drug-likeness (QED) is 0.212. The predicted octanol–water partition coefficient (Wildman–Crippen LogP) is 4.39. The number of aromatic amines is 1. The molecular formula is C24H22Br2ClN11O. The summed E-state index contributed by atoms with van der Waals surface area (Å²) < 4.78 is 7.03. The van der Waals surface area contributed by atoms with Gasteiger partial charge in [0, 0.05) is 33.2 Å². The summed E-state index contributed by atoms with van der Waals surface area (Å²) in [5.74, 6) is 0.853. The molecule has 6 aromatic rings. The van der Waals surface area contributed by atoms with E-state index in [1.807, 2.05) is 47.5 Å². The zero-order valence-electron chi connectivity index (χ0n) is 20.9. The molecule has 200 valence electrons. The Hall–Kier alpha value is -3.36. The largest absolute Gasteiger partial charge is 0.355 e. The first-order valence-corrected chi connectivity index (χ1v) is 14.1. The molecular weight excluding hydrogens is 654 g/mol. The van der Waals surface area contributed by atoms with Crippen molar-refractivity contribution in [2.75, 3.05) is 18.0 Å². The van der Waals surface area contributed by atoms with E-state index in [9.17, 15) is 4.79 Å². The molecule has 0 saturated carbocycles. The van der Waals surface area contributed by atoms with Crippen LogP contribution in [0.25, 0.3) is 33.4 Å². The maximum Gasteiger partial charge on any atom is 0.326 e. The van der Waals surface area contributed by atoms with E-state index >= 15 is 0 Å². The fraction of sp³-hybridized carbons (Fsp3) is 0.292. The smallest absolute Gasteiger partial charge is 0.326 e. The van der Waals surface area contributed by atoms with Crippen LogP contribution in [-0.2, 0) is 14.1 Å². The lowest BCUT2D eigenvalue weighted by Crippen LogP contribution is -2.37. The minimum absolute atomic E-state index is 0.0345. The van der Waals surface area contributed by atoms with Gasteiger partial charge in [0.1, 0.15) is 18.2 Å². The van der Waals surface area contributed by atoms with Gasteiger partial charge >= 0.3 is 5.69 Å². The van der Waals surface area contributed by atoms with E-state index in [-0.39, 0.29) is 11.7 Å². The Morgan fingerprint density at radius 3 is 2.21 bits per heavy atom. The highest BCUT2D eigenvalue weighted by Crippen LogP contribution is 2.30. The van der Waals surface area contributed by atoms with Crippen molar-refractivity contribution in [1.29, 1.82) is 0 Å². The minimum Gasteiger partial charge on any atom is -0.355 e. The maximum absolute atomic E-state index is 12.5. The Kier molecular flexibility index (Phi) is 6.85. The third kappa shape index (κ3) is 4.59. The summed E-state index contributed by atoms with van der Waals surface area (Å²) in [6.07, 6.45) is 4.75. The second kappa shape index (κ2) is 10.3. The molecule has 6 heterocycles. The summed E-state index contributed by atoms with van der Waals surface area (Å²) in [7, 11) is 3.77. The number of hydrogen-bond acceptors (Lipinski definition) is 8. The zero-order chi connectivity index (χ0) is 27.3. The highest BCUT2D eigenvalue weighted by atomic mass is 79.9. The molecule has 0 aliphatic carbocycles. The number of hydrogen-bond donors (Lipinski definition) is 1. The van der Waals surface area contributed by atoms with Crippen LogP contribution in [0, 0.1) is 0 Å². The number of nitrogens with zero attached hydrogens (tertiary/aromatic N) is 10. The van der Waals surface area contributed by atoms with E-state index in [1.165, 1.54) is 6.33 Å². The van der Waals surface area contributed by atoms with E-state index < -0.39 is 0 Å². The van der Waals surface area contributed by atoms with Crippen LogP contribution in [0.15, 0.2) is 51.2 Å². The summed E-state index contributed by atoms with van der Waals surface area (Å²) in [5, 5.41) is 0.376. The van der Waals surface area contributed by atoms with E-state index in [2.05, 4.69) is 71.6 Å². The van der Waals surface area contributed by atoms with Gasteiger partial charge in [0.2, 0.25) is 0 Å². The first-order valence-electron chi connectivity index (χ1n) is 12.1. The topological polar surface area (TPSA) is 128 Å². The number of halogens is 3. The first-order chi connectivity index (χ1) is 18.8. The molecule has 1 saturated heterocycles. The van der Waals surface area contributed by atoms with Crippen molar-refractivity contribution < 1.29 is 0 Å². The average molecular weight is 676 g/mol. The molecule has 1 aliphatic heterocycles. The standard InChI is InChI=1S/C18H18BrN7O.C6H4BrClN4/c1-24-15-14(23-17(24)19)16(21-10-20-15)25-8-6-11(7-9-25)26-13-5-3-2-4-12(13)22-18(26)27;1-12-5-3(11-6(12)7)4(8)9-2-10-5/h2-5,10-11H,6-9H2,1H3,(H,22,27);2H,1H3. The Balaban J connectivity index is 0.000000193. The summed E-state index contributed by atoms with van der Waals surface area (Å²) in [4.78, 5) is 43.0. The number of rotatable bonds is 2. The molecule has 15 heteroatoms. The molecule has 0 unspecified atom stereocenters. The van der Waals surface area contributed by atoms with Gasteiger partial charge in [-0.3, -0.25) is 4.57 Å². The number of imidazole rings is 3.